The van der Waals surface area contributed by atoms with E-state index in [0.29, 0.717) is 17.0 Å². The highest BCUT2D eigenvalue weighted by Crippen LogP contribution is 2.28. The molecular weight excluding hydrogens is 254 g/mol. The Labute approximate surface area is 116 Å². The molecule has 0 amide bonds. The minimum absolute atomic E-state index is 0.613. The van der Waals surface area contributed by atoms with E-state index >= 15 is 0 Å². The van der Waals surface area contributed by atoms with Crippen LogP contribution in [0.2, 0.25) is 0 Å². The molecule has 0 aliphatic carbocycles. The van der Waals surface area contributed by atoms with E-state index < -0.39 is 6.10 Å². The van der Waals surface area contributed by atoms with Gasteiger partial charge >= 0.3 is 0 Å². The van der Waals surface area contributed by atoms with E-state index in [4.69, 9.17) is 4.74 Å². The van der Waals surface area contributed by atoms with E-state index in [1.54, 1.807) is 30.3 Å². The lowest BCUT2D eigenvalue weighted by molar-refractivity contribution is 0.214. The molecule has 3 aromatic rings. The standard InChI is InChI=1S/C15H15N3O2/c1-18-13-6-4-3-5-12(13)14(17-18)15(19)10-7-11(20-2)9-16-8-10/h3-9,15,19H,1-2H3. The number of hydrogen-bond donors (Lipinski definition) is 1. The number of hydrogen-bond acceptors (Lipinski definition) is 4. The molecule has 5 nitrogen and oxygen atoms in total. The normalized spacial score (nSPS) is 12.6. The molecule has 0 radical (unpaired) electrons. The van der Waals surface area contributed by atoms with Crippen LogP contribution < -0.4 is 4.74 Å². The summed E-state index contributed by atoms with van der Waals surface area (Å²) in [5.41, 5.74) is 2.27. The Morgan fingerprint density at radius 2 is 2.05 bits per heavy atom. The van der Waals surface area contributed by atoms with Crippen molar-refractivity contribution >= 4 is 10.9 Å². The second-order valence-corrected chi connectivity index (χ2v) is 4.59. The van der Waals surface area contributed by atoms with Gasteiger partial charge in [-0.25, -0.2) is 0 Å². The minimum Gasteiger partial charge on any atom is -0.495 e. The van der Waals surface area contributed by atoms with Crippen LogP contribution in [0.3, 0.4) is 0 Å². The van der Waals surface area contributed by atoms with E-state index in [-0.39, 0.29) is 0 Å². The number of aliphatic hydroxyl groups excluding tert-OH is 1. The number of aryl methyl sites for hydroxylation is 1. The van der Waals surface area contributed by atoms with Crippen molar-refractivity contribution in [3.8, 4) is 5.75 Å². The number of pyridine rings is 1. The Hall–Kier alpha value is -2.40. The summed E-state index contributed by atoms with van der Waals surface area (Å²) in [4.78, 5) is 4.07. The lowest BCUT2D eigenvalue weighted by atomic mass is 10.1. The highest BCUT2D eigenvalue weighted by Gasteiger charge is 2.19. The van der Waals surface area contributed by atoms with Crippen LogP contribution in [0.5, 0.6) is 5.75 Å². The molecule has 2 heterocycles. The average Bonchev–Trinajstić information content (AvgIpc) is 2.84. The maximum atomic E-state index is 10.6. The van der Waals surface area contributed by atoms with Crippen molar-refractivity contribution in [1.29, 1.82) is 0 Å². The molecule has 0 fully saturated rings. The number of aromatic nitrogens is 3. The van der Waals surface area contributed by atoms with Gasteiger partial charge in [0.2, 0.25) is 0 Å². The third-order valence-electron chi connectivity index (χ3n) is 3.33. The maximum absolute atomic E-state index is 10.6. The topological polar surface area (TPSA) is 60.2 Å². The van der Waals surface area contributed by atoms with E-state index in [9.17, 15) is 5.11 Å². The molecule has 102 valence electrons. The molecule has 0 saturated carbocycles. The zero-order valence-electron chi connectivity index (χ0n) is 11.3. The lowest BCUT2D eigenvalue weighted by Crippen LogP contribution is -2.03. The molecule has 0 saturated heterocycles. The molecule has 0 aliphatic heterocycles. The molecule has 1 N–H and O–H groups in total. The number of benzene rings is 1. The predicted molar refractivity (Wildman–Crippen MR) is 75.6 cm³/mol. The molecule has 1 unspecified atom stereocenters. The number of nitrogens with zero attached hydrogens (tertiary/aromatic N) is 3. The Bertz CT molecular complexity index is 752. The smallest absolute Gasteiger partial charge is 0.137 e. The Balaban J connectivity index is 2.10. The van der Waals surface area contributed by atoms with Gasteiger partial charge in [-0.15, -0.1) is 0 Å². The van der Waals surface area contributed by atoms with Crippen LogP contribution in [0.15, 0.2) is 42.7 Å². The maximum Gasteiger partial charge on any atom is 0.137 e. The summed E-state index contributed by atoms with van der Waals surface area (Å²) in [5.74, 6) is 0.613. The van der Waals surface area contributed by atoms with E-state index in [2.05, 4.69) is 10.1 Å². The first-order valence-electron chi connectivity index (χ1n) is 6.29. The quantitative estimate of drug-likeness (QED) is 0.790. The fraction of sp³-hybridized carbons (Fsp3) is 0.200. The summed E-state index contributed by atoms with van der Waals surface area (Å²) >= 11 is 0. The van der Waals surface area contributed by atoms with Crippen LogP contribution in [-0.2, 0) is 7.05 Å². The first-order chi connectivity index (χ1) is 9.70. The highest BCUT2D eigenvalue weighted by molar-refractivity contribution is 5.82. The first-order valence-corrected chi connectivity index (χ1v) is 6.29. The van der Waals surface area contributed by atoms with Gasteiger partial charge < -0.3 is 9.84 Å². The van der Waals surface area contributed by atoms with Crippen molar-refractivity contribution in [2.45, 2.75) is 6.10 Å². The molecule has 3 rings (SSSR count). The summed E-state index contributed by atoms with van der Waals surface area (Å²) in [6.45, 7) is 0. The summed E-state index contributed by atoms with van der Waals surface area (Å²) in [6.07, 6.45) is 2.40. The zero-order valence-corrected chi connectivity index (χ0v) is 11.3. The SMILES string of the molecule is COc1cncc(C(O)c2nn(C)c3ccccc23)c1. The molecular formula is C15H15N3O2. The van der Waals surface area contributed by atoms with Crippen molar-refractivity contribution in [3.63, 3.8) is 0 Å². The molecule has 20 heavy (non-hydrogen) atoms. The first kappa shape index (κ1) is 12.6. The largest absolute Gasteiger partial charge is 0.495 e. The molecule has 0 bridgehead atoms. The van der Waals surface area contributed by atoms with Crippen molar-refractivity contribution < 1.29 is 9.84 Å². The van der Waals surface area contributed by atoms with Gasteiger partial charge in [-0.1, -0.05) is 18.2 Å². The fourth-order valence-corrected chi connectivity index (χ4v) is 2.30. The van der Waals surface area contributed by atoms with Gasteiger partial charge in [0.25, 0.3) is 0 Å². The fourth-order valence-electron chi connectivity index (χ4n) is 2.30. The molecule has 0 spiro atoms. The Morgan fingerprint density at radius 3 is 2.85 bits per heavy atom. The highest BCUT2D eigenvalue weighted by atomic mass is 16.5. The van der Waals surface area contributed by atoms with Crippen LogP contribution in [-0.4, -0.2) is 27.0 Å². The van der Waals surface area contributed by atoms with Crippen LogP contribution in [0.25, 0.3) is 10.9 Å². The predicted octanol–water partition coefficient (Wildman–Crippen LogP) is 2.06. The molecule has 1 atom stereocenters. The molecule has 5 heteroatoms. The Kier molecular flexibility index (Phi) is 3.12. The minimum atomic E-state index is -0.830. The average molecular weight is 269 g/mol. The second kappa shape index (κ2) is 4.94. The van der Waals surface area contributed by atoms with Crippen molar-refractivity contribution in [2.24, 2.45) is 7.05 Å². The van der Waals surface area contributed by atoms with E-state index in [0.717, 1.165) is 10.9 Å². The second-order valence-electron chi connectivity index (χ2n) is 4.59. The third-order valence-corrected chi connectivity index (χ3v) is 3.33. The van der Waals surface area contributed by atoms with Gasteiger partial charge in [0.05, 0.1) is 18.8 Å². The summed E-state index contributed by atoms with van der Waals surface area (Å²) < 4.78 is 6.90. The van der Waals surface area contributed by atoms with Crippen LogP contribution in [0.1, 0.15) is 17.4 Å². The molecule has 2 aromatic heterocycles. The third kappa shape index (κ3) is 2.02. The van der Waals surface area contributed by atoms with Crippen molar-refractivity contribution in [2.75, 3.05) is 7.11 Å². The summed E-state index contributed by atoms with van der Waals surface area (Å²) in [5, 5.41) is 15.9. The Morgan fingerprint density at radius 1 is 1.25 bits per heavy atom. The number of methoxy groups -OCH3 is 1. The summed E-state index contributed by atoms with van der Waals surface area (Å²) in [6, 6.07) is 9.58. The van der Waals surface area contributed by atoms with Gasteiger partial charge in [-0.2, -0.15) is 5.10 Å². The van der Waals surface area contributed by atoms with Gasteiger partial charge in [0.1, 0.15) is 17.5 Å². The van der Waals surface area contributed by atoms with Gasteiger partial charge in [-0.05, 0) is 12.1 Å². The number of para-hydroxylation sites is 1. The number of fused-ring (bicyclic) bond motifs is 1. The van der Waals surface area contributed by atoms with E-state index in [1.165, 1.54) is 0 Å². The van der Waals surface area contributed by atoms with Crippen LogP contribution in [0.4, 0.5) is 0 Å². The number of aliphatic hydroxyl groups is 1. The molecule has 0 aliphatic rings. The van der Waals surface area contributed by atoms with Crippen LogP contribution >= 0.6 is 0 Å². The van der Waals surface area contributed by atoms with Crippen LogP contribution in [0, 0.1) is 0 Å². The molecule has 1 aromatic carbocycles. The van der Waals surface area contributed by atoms with Gasteiger partial charge in [0.15, 0.2) is 0 Å². The van der Waals surface area contributed by atoms with Gasteiger partial charge in [0, 0.05) is 24.2 Å². The summed E-state index contributed by atoms with van der Waals surface area (Å²) in [7, 11) is 3.44. The lowest BCUT2D eigenvalue weighted by Gasteiger charge is -2.09. The van der Waals surface area contributed by atoms with E-state index in [1.807, 2.05) is 31.3 Å². The van der Waals surface area contributed by atoms with Gasteiger partial charge in [-0.3, -0.25) is 9.67 Å². The van der Waals surface area contributed by atoms with Crippen molar-refractivity contribution in [3.05, 3.63) is 54.0 Å². The number of ether oxygens (including phenoxy) is 1. The number of rotatable bonds is 3. The zero-order chi connectivity index (χ0) is 14.1. The monoisotopic (exact) mass is 269 g/mol. The van der Waals surface area contributed by atoms with Crippen molar-refractivity contribution in [1.82, 2.24) is 14.8 Å².